The van der Waals surface area contributed by atoms with E-state index in [1.807, 2.05) is 0 Å². The third-order valence-electron chi connectivity index (χ3n) is 3.00. The van der Waals surface area contributed by atoms with Crippen molar-refractivity contribution in [1.82, 2.24) is 5.32 Å². The highest BCUT2D eigenvalue weighted by Gasteiger charge is 2.17. The molecule has 0 heterocycles. The molecule has 0 fully saturated rings. The second kappa shape index (κ2) is 5.81. The van der Waals surface area contributed by atoms with Crippen LogP contribution in [0.4, 0.5) is 5.69 Å². The van der Waals surface area contributed by atoms with Crippen molar-refractivity contribution >= 4 is 34.8 Å². The van der Waals surface area contributed by atoms with Crippen molar-refractivity contribution in [3.63, 3.8) is 0 Å². The van der Waals surface area contributed by atoms with E-state index in [0.717, 1.165) is 6.42 Å². The Bertz CT molecular complexity index is 435. The molecule has 1 amide bonds. The summed E-state index contributed by atoms with van der Waals surface area (Å²) in [5, 5.41) is 3.44. The molecule has 0 aliphatic carbocycles. The van der Waals surface area contributed by atoms with Gasteiger partial charge >= 0.3 is 0 Å². The van der Waals surface area contributed by atoms with Crippen LogP contribution in [-0.2, 0) is 0 Å². The molecule has 3 N–H and O–H groups in total. The first-order valence-electron chi connectivity index (χ1n) is 5.79. The molecule has 0 atom stereocenters. The highest BCUT2D eigenvalue weighted by molar-refractivity contribution is 6.43. The summed E-state index contributed by atoms with van der Waals surface area (Å²) in [6.45, 7) is 6.87. The Morgan fingerprint density at radius 2 is 2.00 bits per heavy atom. The van der Waals surface area contributed by atoms with Crippen LogP contribution < -0.4 is 11.1 Å². The molecule has 100 valence electrons. The molecule has 0 saturated carbocycles. The molecule has 1 aromatic carbocycles. The first-order valence-corrected chi connectivity index (χ1v) is 6.55. The number of halogens is 2. The standard InChI is InChI=1S/C13H18Cl2N2O/c1-4-13(2,3)7-17-12(18)8-5-9(14)11(15)10(16)6-8/h5-6H,4,7,16H2,1-3H3,(H,17,18). The third-order valence-corrected chi connectivity index (χ3v) is 3.82. The molecule has 0 aliphatic rings. The average Bonchev–Trinajstić information content (AvgIpc) is 2.32. The number of benzene rings is 1. The lowest BCUT2D eigenvalue weighted by atomic mass is 9.90. The Kier molecular flexibility index (Phi) is 4.88. The van der Waals surface area contributed by atoms with Gasteiger partial charge in [-0.25, -0.2) is 0 Å². The number of nitrogens with one attached hydrogen (secondary N) is 1. The van der Waals surface area contributed by atoms with Gasteiger partial charge in [0.05, 0.1) is 15.7 Å². The maximum absolute atomic E-state index is 12.0. The van der Waals surface area contributed by atoms with E-state index >= 15 is 0 Å². The van der Waals surface area contributed by atoms with Crippen LogP contribution in [0.2, 0.25) is 10.0 Å². The number of nitrogen functional groups attached to an aromatic ring is 1. The molecule has 0 radical (unpaired) electrons. The second-order valence-electron chi connectivity index (χ2n) is 5.06. The first kappa shape index (κ1) is 15.1. The largest absolute Gasteiger partial charge is 0.397 e. The van der Waals surface area contributed by atoms with Gasteiger partial charge in [-0.2, -0.15) is 0 Å². The van der Waals surface area contributed by atoms with E-state index < -0.39 is 0 Å². The van der Waals surface area contributed by atoms with Crippen molar-refractivity contribution < 1.29 is 4.79 Å². The van der Waals surface area contributed by atoms with Crippen LogP contribution in [0.1, 0.15) is 37.6 Å². The molecule has 0 bridgehead atoms. The molecular formula is C13H18Cl2N2O. The van der Waals surface area contributed by atoms with E-state index in [0.29, 0.717) is 17.8 Å². The van der Waals surface area contributed by atoms with Crippen LogP contribution in [0.5, 0.6) is 0 Å². The number of rotatable bonds is 4. The molecular weight excluding hydrogens is 271 g/mol. The van der Waals surface area contributed by atoms with Crippen LogP contribution in [0.25, 0.3) is 0 Å². The summed E-state index contributed by atoms with van der Waals surface area (Å²) in [4.78, 5) is 12.0. The molecule has 1 aromatic rings. The Morgan fingerprint density at radius 1 is 1.39 bits per heavy atom. The van der Waals surface area contributed by atoms with Crippen LogP contribution in [0.15, 0.2) is 12.1 Å². The van der Waals surface area contributed by atoms with E-state index in [4.69, 9.17) is 28.9 Å². The van der Waals surface area contributed by atoms with Gasteiger partial charge in [0.1, 0.15) is 0 Å². The maximum atomic E-state index is 12.0. The second-order valence-corrected chi connectivity index (χ2v) is 5.85. The zero-order chi connectivity index (χ0) is 13.9. The summed E-state index contributed by atoms with van der Waals surface area (Å²) >= 11 is 11.7. The minimum atomic E-state index is -0.193. The fourth-order valence-corrected chi connectivity index (χ4v) is 1.62. The summed E-state index contributed by atoms with van der Waals surface area (Å²) in [6, 6.07) is 3.05. The molecule has 0 aliphatic heterocycles. The van der Waals surface area contributed by atoms with E-state index in [-0.39, 0.29) is 21.4 Å². The lowest BCUT2D eigenvalue weighted by Crippen LogP contribution is -2.33. The highest BCUT2D eigenvalue weighted by Crippen LogP contribution is 2.29. The Hall–Kier alpha value is -0.930. The first-order chi connectivity index (χ1) is 8.26. The lowest BCUT2D eigenvalue weighted by molar-refractivity contribution is 0.0936. The zero-order valence-corrected chi connectivity index (χ0v) is 12.3. The monoisotopic (exact) mass is 288 g/mol. The van der Waals surface area contributed by atoms with Gasteiger partial charge in [-0.3, -0.25) is 4.79 Å². The van der Waals surface area contributed by atoms with Crippen LogP contribution in [0.3, 0.4) is 0 Å². The SMILES string of the molecule is CCC(C)(C)CNC(=O)c1cc(N)c(Cl)c(Cl)c1. The fourth-order valence-electron chi connectivity index (χ4n) is 1.29. The van der Waals surface area contributed by atoms with Crippen molar-refractivity contribution in [3.05, 3.63) is 27.7 Å². The minimum absolute atomic E-state index is 0.0669. The number of nitrogens with two attached hydrogens (primary N) is 1. The summed E-state index contributed by atoms with van der Waals surface area (Å²) in [7, 11) is 0. The van der Waals surface area contributed by atoms with Gasteiger partial charge in [0.15, 0.2) is 0 Å². The number of anilines is 1. The van der Waals surface area contributed by atoms with E-state index in [1.165, 1.54) is 12.1 Å². The normalized spacial score (nSPS) is 11.4. The summed E-state index contributed by atoms with van der Waals surface area (Å²) in [5.41, 5.74) is 6.47. The molecule has 0 saturated heterocycles. The number of carbonyl (C=O) groups excluding carboxylic acids is 1. The fraction of sp³-hybridized carbons (Fsp3) is 0.462. The predicted octanol–water partition coefficient (Wildman–Crippen LogP) is 3.74. The topological polar surface area (TPSA) is 55.1 Å². The highest BCUT2D eigenvalue weighted by atomic mass is 35.5. The molecule has 1 rings (SSSR count). The van der Waals surface area contributed by atoms with Crippen molar-refractivity contribution in [3.8, 4) is 0 Å². The van der Waals surface area contributed by atoms with Gasteiger partial charge in [0.2, 0.25) is 0 Å². The van der Waals surface area contributed by atoms with Gasteiger partial charge in [-0.05, 0) is 24.0 Å². The summed E-state index contributed by atoms with van der Waals surface area (Å²) in [5.74, 6) is -0.193. The molecule has 3 nitrogen and oxygen atoms in total. The third kappa shape index (κ3) is 3.79. The van der Waals surface area contributed by atoms with Crippen LogP contribution >= 0.6 is 23.2 Å². The van der Waals surface area contributed by atoms with Crippen molar-refractivity contribution in [2.75, 3.05) is 12.3 Å². The average molecular weight is 289 g/mol. The molecule has 0 aromatic heterocycles. The maximum Gasteiger partial charge on any atom is 0.251 e. The molecule has 0 unspecified atom stereocenters. The Morgan fingerprint density at radius 3 is 2.50 bits per heavy atom. The Balaban J connectivity index is 2.80. The minimum Gasteiger partial charge on any atom is -0.397 e. The number of hydrogen-bond donors (Lipinski definition) is 2. The molecule has 5 heteroatoms. The zero-order valence-electron chi connectivity index (χ0n) is 10.8. The van der Waals surface area contributed by atoms with Gasteiger partial charge in [0.25, 0.3) is 5.91 Å². The lowest BCUT2D eigenvalue weighted by Gasteiger charge is -2.22. The van der Waals surface area contributed by atoms with Crippen molar-refractivity contribution in [2.45, 2.75) is 27.2 Å². The summed E-state index contributed by atoms with van der Waals surface area (Å²) in [6.07, 6.45) is 0.983. The van der Waals surface area contributed by atoms with Gasteiger partial charge in [-0.15, -0.1) is 0 Å². The van der Waals surface area contributed by atoms with Gasteiger partial charge in [0, 0.05) is 12.1 Å². The number of carbonyl (C=O) groups is 1. The van der Waals surface area contributed by atoms with Crippen LogP contribution in [-0.4, -0.2) is 12.5 Å². The van der Waals surface area contributed by atoms with Gasteiger partial charge in [-0.1, -0.05) is 44.0 Å². The number of amides is 1. The van der Waals surface area contributed by atoms with Gasteiger partial charge < -0.3 is 11.1 Å². The van der Waals surface area contributed by atoms with E-state index in [9.17, 15) is 4.79 Å². The van der Waals surface area contributed by atoms with Crippen molar-refractivity contribution in [1.29, 1.82) is 0 Å². The molecule has 0 spiro atoms. The quantitative estimate of drug-likeness (QED) is 0.829. The summed E-state index contributed by atoms with van der Waals surface area (Å²) < 4.78 is 0. The predicted molar refractivity (Wildman–Crippen MR) is 77.3 cm³/mol. The Labute approximate surface area is 118 Å². The van der Waals surface area contributed by atoms with Crippen molar-refractivity contribution in [2.24, 2.45) is 5.41 Å². The van der Waals surface area contributed by atoms with Crippen LogP contribution in [0, 0.1) is 5.41 Å². The smallest absolute Gasteiger partial charge is 0.251 e. The van der Waals surface area contributed by atoms with E-state index in [1.54, 1.807) is 0 Å². The number of hydrogen-bond acceptors (Lipinski definition) is 2. The molecule has 18 heavy (non-hydrogen) atoms. The van der Waals surface area contributed by atoms with E-state index in [2.05, 4.69) is 26.1 Å².